The Balaban J connectivity index is 1.66. The van der Waals surface area contributed by atoms with Crippen molar-refractivity contribution in [2.75, 3.05) is 4.31 Å². The zero-order valence-corrected chi connectivity index (χ0v) is 20.4. The van der Waals surface area contributed by atoms with E-state index in [1.165, 1.54) is 0 Å². The van der Waals surface area contributed by atoms with E-state index in [9.17, 15) is 8.42 Å². The highest BCUT2D eigenvalue weighted by atomic mass is 32.2. The predicted molar refractivity (Wildman–Crippen MR) is 144 cm³/mol. The van der Waals surface area contributed by atoms with Crippen LogP contribution in [-0.4, -0.2) is 32.9 Å². The molecular weight excluding hydrogens is 484 g/mol. The van der Waals surface area contributed by atoms with E-state index in [4.69, 9.17) is 0 Å². The van der Waals surface area contributed by atoms with Crippen LogP contribution in [-0.2, 0) is 10.0 Å². The van der Waals surface area contributed by atoms with Gasteiger partial charge in [0.05, 0.1) is 22.4 Å². The maximum Gasteiger partial charge on any atom is 0.305 e. The van der Waals surface area contributed by atoms with Crippen molar-refractivity contribution >= 4 is 38.3 Å². The summed E-state index contributed by atoms with van der Waals surface area (Å²) in [6.07, 6.45) is 4.89. The van der Waals surface area contributed by atoms with Gasteiger partial charge in [-0.15, -0.1) is 0 Å². The highest BCUT2D eigenvalue weighted by Gasteiger charge is 2.41. The minimum absolute atomic E-state index is 0.0496. The summed E-state index contributed by atoms with van der Waals surface area (Å²) in [5.74, 6) is 0.543. The van der Waals surface area contributed by atoms with Gasteiger partial charge in [0.1, 0.15) is 0 Å². The number of hydrogen-bond donors (Lipinski definition) is 0. The number of allylic oxidation sites excluding steroid dienone is 4. The molecule has 0 spiro atoms. The first kappa shape index (κ1) is 22.6. The summed E-state index contributed by atoms with van der Waals surface area (Å²) in [6.45, 7) is 7.61. The Kier molecular flexibility index (Phi) is 5.27. The number of rotatable bonds is 5. The first-order valence-corrected chi connectivity index (χ1v) is 12.9. The maximum atomic E-state index is 14.2. The van der Waals surface area contributed by atoms with Crippen molar-refractivity contribution < 1.29 is 8.42 Å². The van der Waals surface area contributed by atoms with Crippen LogP contribution < -0.4 is 4.31 Å². The molecule has 2 aromatic heterocycles. The Morgan fingerprint density at radius 3 is 2.24 bits per heavy atom. The van der Waals surface area contributed by atoms with E-state index in [-0.39, 0.29) is 16.9 Å². The fourth-order valence-corrected chi connectivity index (χ4v) is 5.84. The zero-order valence-electron chi connectivity index (χ0n) is 19.6. The maximum absolute atomic E-state index is 14.2. The lowest BCUT2D eigenvalue weighted by Gasteiger charge is -2.29. The van der Waals surface area contributed by atoms with E-state index >= 15 is 0 Å². The van der Waals surface area contributed by atoms with Crippen molar-refractivity contribution in [2.24, 2.45) is 0 Å². The molecule has 0 amide bonds. The van der Waals surface area contributed by atoms with Gasteiger partial charge >= 0.3 is 10.0 Å². The third-order valence-corrected chi connectivity index (χ3v) is 7.53. The largest absolute Gasteiger partial charge is 0.305 e. The van der Waals surface area contributed by atoms with Crippen molar-refractivity contribution in [2.45, 2.75) is 5.16 Å². The van der Waals surface area contributed by atoms with E-state index in [1.807, 2.05) is 60.7 Å². The summed E-state index contributed by atoms with van der Waals surface area (Å²) in [5.41, 5.74) is 3.60. The van der Waals surface area contributed by atoms with Crippen LogP contribution >= 0.6 is 0 Å². The van der Waals surface area contributed by atoms with Crippen molar-refractivity contribution in [1.29, 1.82) is 0 Å². The van der Waals surface area contributed by atoms with Gasteiger partial charge in [-0.2, -0.15) is 22.7 Å². The number of sulfonamides is 1. The molecule has 0 N–H and O–H groups in total. The number of hydrogen-bond acceptors (Lipinski definition) is 6. The second kappa shape index (κ2) is 8.65. The second-order valence-electron chi connectivity index (χ2n) is 8.19. The average Bonchev–Trinajstić information content (AvgIpc) is 3.33. The topological polar surface area (TPSA) is 93.9 Å². The van der Waals surface area contributed by atoms with Gasteiger partial charge in [0.25, 0.3) is 5.16 Å². The lowest BCUT2D eigenvalue weighted by molar-refractivity contribution is 0.581. The number of nitrogens with zero attached hydrogens (tertiary/aromatic N) is 6. The monoisotopic (exact) mass is 504 g/mol. The summed E-state index contributed by atoms with van der Waals surface area (Å²) in [4.78, 5) is 18.3. The molecule has 37 heavy (non-hydrogen) atoms. The molecule has 0 saturated heterocycles. The molecule has 0 aliphatic carbocycles. The van der Waals surface area contributed by atoms with Gasteiger partial charge in [0.15, 0.2) is 11.6 Å². The molecule has 3 heterocycles. The summed E-state index contributed by atoms with van der Waals surface area (Å²) in [7, 11) is -4.20. The Bertz CT molecular complexity index is 1840. The average molecular weight is 505 g/mol. The van der Waals surface area contributed by atoms with Crippen molar-refractivity contribution in [3.63, 3.8) is 0 Å². The van der Waals surface area contributed by atoms with Crippen LogP contribution in [0.25, 0.3) is 33.7 Å². The van der Waals surface area contributed by atoms with Crippen LogP contribution in [0.15, 0.2) is 115 Å². The minimum atomic E-state index is -4.20. The van der Waals surface area contributed by atoms with Gasteiger partial charge in [-0.3, -0.25) is 4.57 Å². The predicted octanol–water partition coefficient (Wildman–Crippen LogP) is 5.47. The molecule has 5 aromatic rings. The summed E-state index contributed by atoms with van der Waals surface area (Å²) >= 11 is 0. The van der Waals surface area contributed by atoms with Gasteiger partial charge < -0.3 is 0 Å². The number of anilines is 2. The molecule has 3 aromatic carbocycles. The highest BCUT2D eigenvalue weighted by molar-refractivity contribution is 7.93. The van der Waals surface area contributed by atoms with Gasteiger partial charge in [-0.25, -0.2) is 9.97 Å². The molecule has 1 aliphatic heterocycles. The van der Waals surface area contributed by atoms with Crippen LogP contribution in [0.3, 0.4) is 0 Å². The van der Waals surface area contributed by atoms with E-state index in [0.717, 1.165) is 4.31 Å². The fourth-order valence-electron chi connectivity index (χ4n) is 4.32. The van der Waals surface area contributed by atoms with Gasteiger partial charge in [-0.1, -0.05) is 86.0 Å². The molecule has 0 radical (unpaired) electrons. The molecule has 180 valence electrons. The smallest absolute Gasteiger partial charge is 0.280 e. The lowest BCUT2D eigenvalue weighted by Crippen LogP contribution is -2.35. The molecule has 1 aliphatic rings. The Hall–Kier alpha value is -4.89. The molecule has 6 rings (SSSR count). The standard InChI is InChI=1S/C28H20N6O2S/c1-3-12-19(4-2)25-30-26(20-13-6-5-7-14-20)32-27(31-25)34-24-18-11-10-17-23(24)33-22-16-9-8-15-21(22)29-28(33)37(34,35)36/h3-18H,1-2H2/b19-12+. The SMILES string of the molecule is C=C/C=C(\C=C)c1nc(-c2ccccc2)nc(N2c3ccccc3-n3c(nc4ccccc43)S2(=O)=O)n1. The third kappa shape index (κ3) is 3.56. The third-order valence-electron chi connectivity index (χ3n) is 5.96. The number of fused-ring (bicyclic) bond motifs is 5. The van der Waals surface area contributed by atoms with E-state index in [2.05, 4.69) is 33.1 Å². The van der Waals surface area contributed by atoms with Crippen LogP contribution in [0.2, 0.25) is 0 Å². The number of para-hydroxylation sites is 4. The molecule has 0 unspecified atom stereocenters. The quantitative estimate of drug-likeness (QED) is 0.295. The van der Waals surface area contributed by atoms with Gasteiger partial charge in [-0.05, 0) is 24.3 Å². The highest BCUT2D eigenvalue weighted by Crippen LogP contribution is 2.42. The van der Waals surface area contributed by atoms with Gasteiger partial charge in [0.2, 0.25) is 5.95 Å². The Labute approximate surface area is 213 Å². The molecule has 0 fully saturated rings. The zero-order chi connectivity index (χ0) is 25.6. The first-order chi connectivity index (χ1) is 18.0. The van der Waals surface area contributed by atoms with Crippen LogP contribution in [0.1, 0.15) is 5.82 Å². The van der Waals surface area contributed by atoms with E-state index < -0.39 is 10.0 Å². The number of benzene rings is 3. The molecular formula is C28H20N6O2S. The fraction of sp³-hybridized carbons (Fsp3) is 0. The Morgan fingerprint density at radius 2 is 1.49 bits per heavy atom. The first-order valence-electron chi connectivity index (χ1n) is 11.4. The normalized spacial score (nSPS) is 14.2. The van der Waals surface area contributed by atoms with E-state index in [1.54, 1.807) is 41.0 Å². The Morgan fingerprint density at radius 1 is 0.784 bits per heavy atom. The minimum Gasteiger partial charge on any atom is -0.280 e. The molecule has 8 nitrogen and oxygen atoms in total. The summed E-state index contributed by atoms with van der Waals surface area (Å²) in [6, 6.07) is 23.8. The van der Waals surface area contributed by atoms with Gasteiger partial charge in [0, 0.05) is 11.1 Å². The van der Waals surface area contributed by atoms with E-state index in [0.29, 0.717) is 39.4 Å². The molecule has 9 heteroatoms. The second-order valence-corrected chi connectivity index (χ2v) is 9.87. The van der Waals surface area contributed by atoms with Crippen molar-refractivity contribution in [3.05, 3.63) is 116 Å². The summed E-state index contributed by atoms with van der Waals surface area (Å²) < 4.78 is 31.1. The number of aromatic nitrogens is 5. The van der Waals surface area contributed by atoms with Crippen LogP contribution in [0.5, 0.6) is 0 Å². The lowest BCUT2D eigenvalue weighted by atomic mass is 10.2. The number of imidazole rings is 1. The van der Waals surface area contributed by atoms with Crippen LogP contribution in [0, 0.1) is 0 Å². The van der Waals surface area contributed by atoms with Crippen molar-refractivity contribution in [3.8, 4) is 17.1 Å². The molecule has 0 atom stereocenters. The van der Waals surface area contributed by atoms with Crippen LogP contribution in [0.4, 0.5) is 11.6 Å². The molecule has 0 bridgehead atoms. The molecule has 0 saturated carbocycles. The summed E-state index contributed by atoms with van der Waals surface area (Å²) in [5, 5.41) is -0.110. The van der Waals surface area contributed by atoms with Crippen molar-refractivity contribution in [1.82, 2.24) is 24.5 Å².